The van der Waals surface area contributed by atoms with Gasteiger partial charge < -0.3 is 4.79 Å². The number of benzene rings is 1. The van der Waals surface area contributed by atoms with Crippen LogP contribution in [0.1, 0.15) is 19.3 Å². The van der Waals surface area contributed by atoms with E-state index in [9.17, 15) is 4.79 Å². The predicted molar refractivity (Wildman–Crippen MR) is 86.0 cm³/mol. The molecule has 1 aromatic rings. The van der Waals surface area contributed by atoms with Crippen molar-refractivity contribution >= 4 is 40.4 Å². The number of aliphatic imine (C=N–C) groups is 1. The summed E-state index contributed by atoms with van der Waals surface area (Å²) in [5, 5.41) is 2.12. The maximum absolute atomic E-state index is 11.4. The molecule has 104 valence electrons. The highest BCUT2D eigenvalue weighted by Crippen LogP contribution is 2.41. The Balaban J connectivity index is 1.86. The molecule has 0 spiro atoms. The minimum atomic E-state index is -0.0524. The van der Waals surface area contributed by atoms with Gasteiger partial charge in [0.2, 0.25) is 0 Å². The molecule has 0 saturated carbocycles. The highest BCUT2D eigenvalue weighted by molar-refractivity contribution is 8.14. The fraction of sp³-hybridized carbons (Fsp3) is 0.375. The summed E-state index contributed by atoms with van der Waals surface area (Å²) >= 11 is 7.63. The van der Waals surface area contributed by atoms with Gasteiger partial charge in [-0.15, -0.1) is 11.8 Å². The van der Waals surface area contributed by atoms with Gasteiger partial charge >= 0.3 is 0 Å². The first-order chi connectivity index (χ1) is 9.76. The highest BCUT2D eigenvalue weighted by atomic mass is 35.5. The maximum atomic E-state index is 11.4. The van der Waals surface area contributed by atoms with Gasteiger partial charge in [-0.2, -0.15) is 0 Å². The molecule has 2 aliphatic rings. The van der Waals surface area contributed by atoms with Crippen molar-refractivity contribution in [1.29, 1.82) is 0 Å². The Bertz CT molecular complexity index is 552. The van der Waals surface area contributed by atoms with Gasteiger partial charge in [0.25, 0.3) is 0 Å². The molecular weight excluding hydrogens is 290 g/mol. The summed E-state index contributed by atoms with van der Waals surface area (Å²) in [7, 11) is 0. The first-order valence-corrected chi connectivity index (χ1v) is 8.15. The Morgan fingerprint density at radius 2 is 2.10 bits per heavy atom. The molecule has 4 heteroatoms. The average Bonchev–Trinajstić information content (AvgIpc) is 2.49. The van der Waals surface area contributed by atoms with Crippen molar-refractivity contribution in [2.45, 2.75) is 24.5 Å². The van der Waals surface area contributed by atoms with Gasteiger partial charge in [0, 0.05) is 10.3 Å². The van der Waals surface area contributed by atoms with Gasteiger partial charge in [0.05, 0.1) is 16.6 Å². The molecule has 0 aromatic heterocycles. The number of allylic oxidation sites excluding steroid dienone is 1. The number of fused-ring (bicyclic) bond motifs is 1. The van der Waals surface area contributed by atoms with E-state index < -0.39 is 0 Å². The van der Waals surface area contributed by atoms with E-state index >= 15 is 0 Å². The second kappa shape index (κ2) is 6.15. The number of carbonyl (C=O) groups is 1. The van der Waals surface area contributed by atoms with E-state index in [1.165, 1.54) is 6.42 Å². The molecule has 1 aliphatic carbocycles. The van der Waals surface area contributed by atoms with Crippen molar-refractivity contribution in [1.82, 2.24) is 0 Å². The number of hydrogen-bond donors (Lipinski definition) is 0. The lowest BCUT2D eigenvalue weighted by molar-refractivity contribution is -0.109. The topological polar surface area (TPSA) is 29.4 Å². The van der Waals surface area contributed by atoms with Crippen molar-refractivity contribution in [3.8, 4) is 0 Å². The van der Waals surface area contributed by atoms with E-state index in [1.807, 2.05) is 24.3 Å². The molecule has 0 amide bonds. The molecule has 3 atom stereocenters. The second-order valence-corrected chi connectivity index (χ2v) is 6.89. The quantitative estimate of drug-likeness (QED) is 0.587. The molecule has 1 aliphatic heterocycles. The van der Waals surface area contributed by atoms with Crippen molar-refractivity contribution < 1.29 is 4.79 Å². The fourth-order valence-corrected chi connectivity index (χ4v) is 4.29. The molecule has 0 radical (unpaired) electrons. The van der Waals surface area contributed by atoms with Crippen LogP contribution in [0.5, 0.6) is 0 Å². The molecule has 20 heavy (non-hydrogen) atoms. The minimum Gasteiger partial charge on any atom is -0.303 e. The van der Waals surface area contributed by atoms with E-state index in [4.69, 9.17) is 11.6 Å². The third kappa shape index (κ3) is 2.99. The fourth-order valence-electron chi connectivity index (χ4n) is 2.77. The van der Waals surface area contributed by atoms with Crippen molar-refractivity contribution in [3.63, 3.8) is 0 Å². The van der Waals surface area contributed by atoms with Crippen molar-refractivity contribution in [2.24, 2.45) is 16.8 Å². The SMILES string of the molecule is O=CC1CC2CCC=CC2SC1=Nc1ccc(Cl)cc1. The molecule has 1 aromatic carbocycles. The Labute approximate surface area is 128 Å². The van der Waals surface area contributed by atoms with Crippen LogP contribution in [0, 0.1) is 11.8 Å². The van der Waals surface area contributed by atoms with Crippen LogP contribution < -0.4 is 0 Å². The van der Waals surface area contributed by atoms with Gasteiger partial charge in [-0.3, -0.25) is 0 Å². The summed E-state index contributed by atoms with van der Waals surface area (Å²) in [6, 6.07) is 7.43. The Morgan fingerprint density at radius 1 is 1.30 bits per heavy atom. The van der Waals surface area contributed by atoms with E-state index in [0.717, 1.165) is 29.9 Å². The van der Waals surface area contributed by atoms with Gasteiger partial charge in [-0.1, -0.05) is 23.8 Å². The molecule has 0 N–H and O–H groups in total. The van der Waals surface area contributed by atoms with Crippen LogP contribution in [-0.4, -0.2) is 16.6 Å². The number of rotatable bonds is 2. The smallest absolute Gasteiger partial charge is 0.129 e. The van der Waals surface area contributed by atoms with Crippen LogP contribution in [-0.2, 0) is 4.79 Å². The Hall–Kier alpha value is -1.06. The summed E-state index contributed by atoms with van der Waals surface area (Å²) in [4.78, 5) is 16.0. The van der Waals surface area contributed by atoms with Crippen LogP contribution in [0.2, 0.25) is 5.02 Å². The third-order valence-corrected chi connectivity index (χ3v) is 5.56. The molecule has 2 nitrogen and oxygen atoms in total. The van der Waals surface area contributed by atoms with Crippen LogP contribution in [0.4, 0.5) is 5.69 Å². The number of thioether (sulfide) groups is 1. The Morgan fingerprint density at radius 3 is 2.85 bits per heavy atom. The van der Waals surface area contributed by atoms with Gasteiger partial charge in [0.1, 0.15) is 6.29 Å². The summed E-state index contributed by atoms with van der Waals surface area (Å²) < 4.78 is 0. The second-order valence-electron chi connectivity index (χ2n) is 5.25. The van der Waals surface area contributed by atoms with E-state index in [0.29, 0.717) is 16.2 Å². The first-order valence-electron chi connectivity index (χ1n) is 6.89. The molecule has 1 saturated heterocycles. The molecule has 1 fully saturated rings. The average molecular weight is 306 g/mol. The van der Waals surface area contributed by atoms with Crippen LogP contribution in [0.3, 0.4) is 0 Å². The molecule has 0 bridgehead atoms. The van der Waals surface area contributed by atoms with Gasteiger partial charge in [-0.25, -0.2) is 4.99 Å². The molecular formula is C16H16ClNOS. The number of halogens is 1. The van der Waals surface area contributed by atoms with Crippen molar-refractivity contribution in [2.75, 3.05) is 0 Å². The zero-order chi connectivity index (χ0) is 13.9. The molecule has 3 rings (SSSR count). The van der Waals surface area contributed by atoms with Crippen molar-refractivity contribution in [3.05, 3.63) is 41.4 Å². The van der Waals surface area contributed by atoms with E-state index in [1.54, 1.807) is 11.8 Å². The van der Waals surface area contributed by atoms with Crippen LogP contribution in [0.15, 0.2) is 41.4 Å². The number of hydrogen-bond acceptors (Lipinski definition) is 3. The highest BCUT2D eigenvalue weighted by Gasteiger charge is 2.34. The summed E-state index contributed by atoms with van der Waals surface area (Å²) in [6.45, 7) is 0. The molecule has 1 heterocycles. The van der Waals surface area contributed by atoms with Gasteiger partial charge in [0.15, 0.2) is 0 Å². The van der Waals surface area contributed by atoms with E-state index in [-0.39, 0.29) is 5.92 Å². The lowest BCUT2D eigenvalue weighted by atomic mass is 9.85. The number of aldehydes is 1. The largest absolute Gasteiger partial charge is 0.303 e. The summed E-state index contributed by atoms with van der Waals surface area (Å²) in [5.74, 6) is 0.563. The Kier molecular flexibility index (Phi) is 4.27. The monoisotopic (exact) mass is 305 g/mol. The third-order valence-electron chi connectivity index (χ3n) is 3.86. The number of carbonyl (C=O) groups excluding carboxylic acids is 1. The van der Waals surface area contributed by atoms with Crippen LogP contribution >= 0.6 is 23.4 Å². The first kappa shape index (κ1) is 13.9. The standard InChI is InChI=1S/C16H16ClNOS/c17-13-5-7-14(8-6-13)18-16-12(10-19)9-11-3-1-2-4-15(11)20-16/h2,4-8,10-12,15H,1,3,9H2. The summed E-state index contributed by atoms with van der Waals surface area (Å²) in [6.07, 6.45) is 8.82. The normalized spacial score (nSPS) is 31.1. The molecule has 3 unspecified atom stereocenters. The van der Waals surface area contributed by atoms with E-state index in [2.05, 4.69) is 17.1 Å². The lowest BCUT2D eigenvalue weighted by Crippen LogP contribution is -2.32. The van der Waals surface area contributed by atoms with Crippen LogP contribution in [0.25, 0.3) is 0 Å². The minimum absolute atomic E-state index is 0.0524. The van der Waals surface area contributed by atoms with Gasteiger partial charge in [-0.05, 0) is 49.4 Å². The lowest BCUT2D eigenvalue weighted by Gasteiger charge is -2.35. The predicted octanol–water partition coefficient (Wildman–Crippen LogP) is 4.66. The zero-order valence-corrected chi connectivity index (χ0v) is 12.6. The maximum Gasteiger partial charge on any atom is 0.129 e. The summed E-state index contributed by atoms with van der Waals surface area (Å²) in [5.41, 5.74) is 0.863. The zero-order valence-electron chi connectivity index (χ0n) is 11.0. The number of nitrogens with zero attached hydrogens (tertiary/aromatic N) is 1.